The van der Waals surface area contributed by atoms with Crippen molar-refractivity contribution in [3.05, 3.63) is 77.4 Å². The zero-order valence-corrected chi connectivity index (χ0v) is 18.7. The zero-order chi connectivity index (χ0) is 23.8. The van der Waals surface area contributed by atoms with Gasteiger partial charge >= 0.3 is 0 Å². The summed E-state index contributed by atoms with van der Waals surface area (Å²) in [7, 11) is 4.66. The van der Waals surface area contributed by atoms with Crippen molar-refractivity contribution < 1.29 is 24.1 Å². The average molecular weight is 447 g/mol. The molecule has 3 aromatic rings. The molecule has 1 amide bonds. The first-order chi connectivity index (χ1) is 15.9. The van der Waals surface area contributed by atoms with Crippen molar-refractivity contribution in [3.8, 4) is 23.0 Å². The monoisotopic (exact) mass is 446 g/mol. The molecule has 4 N–H and O–H groups in total. The van der Waals surface area contributed by atoms with Gasteiger partial charge in [0.2, 0.25) is 11.7 Å². The molecule has 3 rings (SSSR count). The van der Waals surface area contributed by atoms with Crippen molar-refractivity contribution in [2.75, 3.05) is 32.4 Å². The number of aromatic hydroxyl groups is 1. The fraction of sp³-hybridized carbons (Fsp3) is 0.115. The lowest BCUT2D eigenvalue weighted by atomic mass is 10.1. The Labute approximate surface area is 192 Å². The largest absolute Gasteiger partial charge is 0.506 e. The Morgan fingerprint density at radius 2 is 1.42 bits per heavy atom. The molecule has 0 radical (unpaired) electrons. The van der Waals surface area contributed by atoms with Crippen LogP contribution in [0.5, 0.6) is 23.0 Å². The van der Waals surface area contributed by atoms with Gasteiger partial charge in [-0.1, -0.05) is 30.4 Å². The first-order valence-electron chi connectivity index (χ1n) is 10.1. The molecule has 0 atom stereocenters. The third-order valence-electron chi connectivity index (χ3n) is 4.80. The van der Waals surface area contributed by atoms with E-state index in [2.05, 4.69) is 5.32 Å². The lowest BCUT2D eigenvalue weighted by molar-refractivity contribution is -0.111. The molecule has 0 heterocycles. The molecular formula is C26H26N2O5. The van der Waals surface area contributed by atoms with Crippen molar-refractivity contribution in [1.82, 2.24) is 0 Å². The minimum Gasteiger partial charge on any atom is -0.506 e. The molecule has 3 aromatic carbocycles. The van der Waals surface area contributed by atoms with Gasteiger partial charge in [0.25, 0.3) is 0 Å². The Morgan fingerprint density at radius 1 is 0.818 bits per heavy atom. The lowest BCUT2D eigenvalue weighted by Gasteiger charge is -2.12. The fourth-order valence-corrected chi connectivity index (χ4v) is 3.10. The highest BCUT2D eigenvalue weighted by atomic mass is 16.5. The maximum absolute atomic E-state index is 12.2. The average Bonchev–Trinajstić information content (AvgIpc) is 2.83. The summed E-state index contributed by atoms with van der Waals surface area (Å²) in [6.45, 7) is 0. The van der Waals surface area contributed by atoms with Gasteiger partial charge in [0.05, 0.1) is 27.0 Å². The number of ether oxygens (including phenoxy) is 3. The van der Waals surface area contributed by atoms with Crippen LogP contribution in [0.25, 0.3) is 18.2 Å². The van der Waals surface area contributed by atoms with Crippen LogP contribution in [-0.4, -0.2) is 32.3 Å². The van der Waals surface area contributed by atoms with Gasteiger partial charge in [0.15, 0.2) is 11.5 Å². The molecule has 0 aliphatic carbocycles. The van der Waals surface area contributed by atoms with E-state index >= 15 is 0 Å². The number of nitrogens with two attached hydrogens (primary N) is 1. The molecule has 0 fully saturated rings. The van der Waals surface area contributed by atoms with Gasteiger partial charge in [-0.25, -0.2) is 0 Å². The lowest BCUT2D eigenvalue weighted by Crippen LogP contribution is -2.07. The summed E-state index contributed by atoms with van der Waals surface area (Å²) < 4.78 is 16.1. The maximum Gasteiger partial charge on any atom is 0.248 e. The molecule has 0 saturated heterocycles. The van der Waals surface area contributed by atoms with E-state index in [1.807, 2.05) is 36.4 Å². The van der Waals surface area contributed by atoms with Crippen LogP contribution in [0.3, 0.4) is 0 Å². The molecule has 0 bridgehead atoms. The number of methoxy groups -OCH3 is 3. The number of carbonyl (C=O) groups excluding carboxylic acids is 1. The first kappa shape index (κ1) is 23.3. The Kier molecular flexibility index (Phi) is 7.60. The zero-order valence-electron chi connectivity index (χ0n) is 18.7. The number of rotatable bonds is 8. The van der Waals surface area contributed by atoms with Crippen LogP contribution in [0.15, 0.2) is 60.7 Å². The number of hydrogen-bond acceptors (Lipinski definition) is 6. The third kappa shape index (κ3) is 6.07. The topological polar surface area (TPSA) is 103 Å². The van der Waals surface area contributed by atoms with Gasteiger partial charge in [0.1, 0.15) is 5.75 Å². The molecule has 0 aliphatic rings. The number of hydrogen-bond donors (Lipinski definition) is 3. The summed E-state index contributed by atoms with van der Waals surface area (Å²) in [4.78, 5) is 12.2. The van der Waals surface area contributed by atoms with Gasteiger partial charge in [-0.3, -0.25) is 4.79 Å². The second kappa shape index (κ2) is 10.8. The molecule has 170 valence electrons. The highest BCUT2D eigenvalue weighted by Crippen LogP contribution is 2.38. The number of benzene rings is 3. The minimum absolute atomic E-state index is 0.0451. The van der Waals surface area contributed by atoms with E-state index < -0.39 is 0 Å². The van der Waals surface area contributed by atoms with Crippen molar-refractivity contribution in [2.24, 2.45) is 0 Å². The van der Waals surface area contributed by atoms with Crippen molar-refractivity contribution in [1.29, 1.82) is 0 Å². The van der Waals surface area contributed by atoms with E-state index in [0.29, 0.717) is 28.6 Å². The van der Waals surface area contributed by atoms with Crippen LogP contribution in [0.4, 0.5) is 11.4 Å². The highest BCUT2D eigenvalue weighted by Gasteiger charge is 2.12. The second-order valence-corrected chi connectivity index (χ2v) is 7.06. The summed E-state index contributed by atoms with van der Waals surface area (Å²) >= 11 is 0. The van der Waals surface area contributed by atoms with Gasteiger partial charge in [-0.15, -0.1) is 0 Å². The van der Waals surface area contributed by atoms with Crippen LogP contribution in [-0.2, 0) is 4.79 Å². The number of phenols is 1. The quantitative estimate of drug-likeness (QED) is 0.198. The molecule has 0 aliphatic heterocycles. The molecule has 0 aromatic heterocycles. The predicted octanol–water partition coefficient (Wildman–Crippen LogP) is 4.82. The van der Waals surface area contributed by atoms with Crippen LogP contribution < -0.4 is 25.3 Å². The number of anilines is 2. The smallest absolute Gasteiger partial charge is 0.248 e. The van der Waals surface area contributed by atoms with E-state index in [9.17, 15) is 9.90 Å². The van der Waals surface area contributed by atoms with Crippen LogP contribution in [0.2, 0.25) is 0 Å². The van der Waals surface area contributed by atoms with Crippen LogP contribution in [0, 0.1) is 0 Å². The highest BCUT2D eigenvalue weighted by molar-refractivity contribution is 6.02. The molecule has 0 saturated carbocycles. The van der Waals surface area contributed by atoms with Crippen LogP contribution >= 0.6 is 0 Å². The van der Waals surface area contributed by atoms with Gasteiger partial charge < -0.3 is 30.4 Å². The Morgan fingerprint density at radius 3 is 2.00 bits per heavy atom. The molecular weight excluding hydrogens is 420 g/mol. The normalized spacial score (nSPS) is 11.0. The number of amides is 1. The molecule has 33 heavy (non-hydrogen) atoms. The Bertz CT molecular complexity index is 1160. The third-order valence-corrected chi connectivity index (χ3v) is 4.80. The summed E-state index contributed by atoms with van der Waals surface area (Å²) in [5.74, 6) is 1.20. The summed E-state index contributed by atoms with van der Waals surface area (Å²) in [5, 5.41) is 13.0. The Hall–Kier alpha value is -4.39. The van der Waals surface area contributed by atoms with E-state index in [4.69, 9.17) is 19.9 Å². The maximum atomic E-state index is 12.2. The first-order valence-corrected chi connectivity index (χ1v) is 10.1. The predicted molar refractivity (Wildman–Crippen MR) is 132 cm³/mol. The van der Waals surface area contributed by atoms with E-state index in [0.717, 1.165) is 16.7 Å². The van der Waals surface area contributed by atoms with Gasteiger partial charge in [-0.05, 0) is 59.2 Å². The van der Waals surface area contributed by atoms with Gasteiger partial charge in [-0.2, -0.15) is 0 Å². The molecule has 7 heteroatoms. The Balaban J connectivity index is 1.71. The second-order valence-electron chi connectivity index (χ2n) is 7.06. The van der Waals surface area contributed by atoms with Crippen molar-refractivity contribution in [3.63, 3.8) is 0 Å². The van der Waals surface area contributed by atoms with Crippen molar-refractivity contribution >= 4 is 35.5 Å². The summed E-state index contributed by atoms with van der Waals surface area (Å²) in [6.07, 6.45) is 6.74. The van der Waals surface area contributed by atoms with E-state index in [1.54, 1.807) is 57.7 Å². The number of nitrogens with one attached hydrogen (secondary N) is 1. The minimum atomic E-state index is -0.358. The molecule has 0 unspecified atom stereocenters. The number of carbonyl (C=O) groups is 1. The van der Waals surface area contributed by atoms with Crippen LogP contribution in [0.1, 0.15) is 16.7 Å². The van der Waals surface area contributed by atoms with Crippen molar-refractivity contribution in [2.45, 2.75) is 0 Å². The standard InChI is InChI=1S/C26H26N2O5/c1-31-23-15-19(16-24(32-2)26(23)33-3)5-4-18-8-12-21(22(29)14-18)28-25(30)13-9-17-6-10-20(27)11-7-17/h4-16,29H,27H2,1-3H3,(H,28,30)/b5-4+,13-9+. The van der Waals surface area contributed by atoms with E-state index in [-0.39, 0.29) is 11.7 Å². The SMILES string of the molecule is COc1cc(/C=C/c2ccc(NC(=O)/C=C/c3ccc(N)cc3)c(O)c2)cc(OC)c1OC. The van der Waals surface area contributed by atoms with Gasteiger partial charge in [0, 0.05) is 11.8 Å². The summed E-state index contributed by atoms with van der Waals surface area (Å²) in [5.41, 5.74) is 9.04. The fourth-order valence-electron chi connectivity index (χ4n) is 3.10. The summed E-state index contributed by atoms with van der Waals surface area (Å²) in [6, 6.07) is 15.8. The number of phenolic OH excluding ortho intramolecular Hbond substituents is 1. The number of nitrogen functional groups attached to an aromatic ring is 1. The molecule has 0 spiro atoms. The van der Waals surface area contributed by atoms with E-state index in [1.165, 1.54) is 6.08 Å². The molecule has 7 nitrogen and oxygen atoms in total.